The molecule has 0 radical (unpaired) electrons. The van der Waals surface area contributed by atoms with Gasteiger partial charge in [-0.3, -0.25) is 0 Å². The predicted molar refractivity (Wildman–Crippen MR) is 57.8 cm³/mol. The van der Waals surface area contributed by atoms with Crippen LogP contribution in [0.5, 0.6) is 0 Å². The first kappa shape index (κ1) is 11.0. The largest absolute Gasteiger partial charge is 0.330 e. The average molecular weight is 184 g/mol. The molecular weight excluding hydrogens is 160 g/mol. The Balaban J connectivity index is 2.17. The molecule has 2 heteroatoms. The molecule has 1 atom stereocenters. The Labute approximate surface area is 82.3 Å². The van der Waals surface area contributed by atoms with E-state index in [2.05, 4.69) is 12.2 Å². The third-order valence-corrected chi connectivity index (χ3v) is 2.98. The summed E-state index contributed by atoms with van der Waals surface area (Å²) in [6.07, 6.45) is 9.53. The minimum Gasteiger partial charge on any atom is -0.330 e. The van der Waals surface area contributed by atoms with E-state index in [-0.39, 0.29) is 0 Å². The highest BCUT2D eigenvalue weighted by atomic mass is 14.9. The molecule has 1 saturated carbocycles. The van der Waals surface area contributed by atoms with Gasteiger partial charge in [-0.25, -0.2) is 0 Å². The van der Waals surface area contributed by atoms with Gasteiger partial charge in [0.05, 0.1) is 0 Å². The third kappa shape index (κ3) is 4.63. The van der Waals surface area contributed by atoms with Gasteiger partial charge in [0.25, 0.3) is 0 Å². The maximum absolute atomic E-state index is 5.53. The minimum atomic E-state index is 0.605. The summed E-state index contributed by atoms with van der Waals surface area (Å²) in [6.45, 7) is 3.05. The smallest absolute Gasteiger partial charge is 0.00695 e. The van der Waals surface area contributed by atoms with Crippen molar-refractivity contribution in [2.45, 2.75) is 64.0 Å². The summed E-state index contributed by atoms with van der Waals surface area (Å²) in [5, 5.41) is 3.68. The van der Waals surface area contributed by atoms with E-state index >= 15 is 0 Å². The zero-order valence-corrected chi connectivity index (χ0v) is 8.89. The van der Waals surface area contributed by atoms with Gasteiger partial charge in [-0.05, 0) is 32.7 Å². The van der Waals surface area contributed by atoms with Crippen molar-refractivity contribution in [2.75, 3.05) is 6.54 Å². The molecule has 78 valence electrons. The molecule has 0 bridgehead atoms. The molecule has 0 aromatic heterocycles. The van der Waals surface area contributed by atoms with Crippen molar-refractivity contribution in [2.24, 2.45) is 5.73 Å². The summed E-state index contributed by atoms with van der Waals surface area (Å²) >= 11 is 0. The normalized spacial score (nSPS) is 22.6. The summed E-state index contributed by atoms with van der Waals surface area (Å²) in [5.41, 5.74) is 5.53. The van der Waals surface area contributed by atoms with Crippen LogP contribution in [0.2, 0.25) is 0 Å². The van der Waals surface area contributed by atoms with Gasteiger partial charge in [0, 0.05) is 12.1 Å². The number of hydrogen-bond acceptors (Lipinski definition) is 2. The lowest BCUT2D eigenvalue weighted by atomic mass is 10.1. The second-order valence-electron chi connectivity index (χ2n) is 4.33. The standard InChI is InChI=1S/C11H24N2/c1-10(8-9-12)13-11-6-4-2-3-5-7-11/h10-11,13H,2-9,12H2,1H3. The van der Waals surface area contributed by atoms with E-state index in [9.17, 15) is 0 Å². The van der Waals surface area contributed by atoms with Crippen LogP contribution in [-0.2, 0) is 0 Å². The van der Waals surface area contributed by atoms with E-state index < -0.39 is 0 Å². The van der Waals surface area contributed by atoms with Crippen molar-refractivity contribution in [1.29, 1.82) is 0 Å². The van der Waals surface area contributed by atoms with Crippen molar-refractivity contribution < 1.29 is 0 Å². The molecule has 0 amide bonds. The molecule has 1 fully saturated rings. The predicted octanol–water partition coefficient (Wildman–Crippen LogP) is 2.04. The highest BCUT2D eigenvalue weighted by Crippen LogP contribution is 2.17. The molecule has 1 aliphatic rings. The molecule has 1 unspecified atom stereocenters. The topological polar surface area (TPSA) is 38.0 Å². The van der Waals surface area contributed by atoms with Crippen LogP contribution in [-0.4, -0.2) is 18.6 Å². The highest BCUT2D eigenvalue weighted by molar-refractivity contribution is 4.74. The van der Waals surface area contributed by atoms with E-state index in [0.717, 1.165) is 19.0 Å². The summed E-state index contributed by atoms with van der Waals surface area (Å²) in [6, 6.07) is 1.37. The van der Waals surface area contributed by atoms with Crippen molar-refractivity contribution >= 4 is 0 Å². The van der Waals surface area contributed by atoms with Crippen LogP contribution < -0.4 is 11.1 Å². The summed E-state index contributed by atoms with van der Waals surface area (Å²) in [4.78, 5) is 0. The Morgan fingerprint density at radius 1 is 1.23 bits per heavy atom. The van der Waals surface area contributed by atoms with Crippen molar-refractivity contribution in [1.82, 2.24) is 5.32 Å². The quantitative estimate of drug-likeness (QED) is 0.656. The van der Waals surface area contributed by atoms with Crippen LogP contribution >= 0.6 is 0 Å². The first-order valence-corrected chi connectivity index (χ1v) is 5.79. The van der Waals surface area contributed by atoms with Gasteiger partial charge in [-0.2, -0.15) is 0 Å². The van der Waals surface area contributed by atoms with Gasteiger partial charge >= 0.3 is 0 Å². The van der Waals surface area contributed by atoms with Crippen molar-refractivity contribution in [3.63, 3.8) is 0 Å². The van der Waals surface area contributed by atoms with Crippen LogP contribution in [0.4, 0.5) is 0 Å². The molecular formula is C11H24N2. The maximum atomic E-state index is 5.53. The van der Waals surface area contributed by atoms with E-state index in [1.165, 1.54) is 38.5 Å². The average Bonchev–Trinajstić information content (AvgIpc) is 2.33. The molecule has 0 heterocycles. The first-order valence-electron chi connectivity index (χ1n) is 5.79. The fourth-order valence-electron chi connectivity index (χ4n) is 2.18. The molecule has 0 aromatic rings. The Morgan fingerprint density at radius 2 is 1.85 bits per heavy atom. The first-order chi connectivity index (χ1) is 6.33. The van der Waals surface area contributed by atoms with Gasteiger partial charge in [-0.1, -0.05) is 25.7 Å². The fourth-order valence-corrected chi connectivity index (χ4v) is 2.18. The van der Waals surface area contributed by atoms with Crippen molar-refractivity contribution in [3.8, 4) is 0 Å². The fraction of sp³-hybridized carbons (Fsp3) is 1.00. The van der Waals surface area contributed by atoms with Gasteiger partial charge < -0.3 is 11.1 Å². The zero-order valence-electron chi connectivity index (χ0n) is 8.89. The lowest BCUT2D eigenvalue weighted by Gasteiger charge is -2.21. The molecule has 13 heavy (non-hydrogen) atoms. The Morgan fingerprint density at radius 3 is 2.38 bits per heavy atom. The zero-order chi connectivity index (χ0) is 9.52. The second kappa shape index (κ2) is 6.39. The lowest BCUT2D eigenvalue weighted by Crippen LogP contribution is -2.37. The Kier molecular flexibility index (Phi) is 5.40. The summed E-state index contributed by atoms with van der Waals surface area (Å²) in [7, 11) is 0. The molecule has 0 spiro atoms. The van der Waals surface area contributed by atoms with Crippen LogP contribution in [0.25, 0.3) is 0 Å². The molecule has 3 N–H and O–H groups in total. The van der Waals surface area contributed by atoms with Crippen LogP contribution in [0.1, 0.15) is 51.9 Å². The molecule has 0 saturated heterocycles. The number of hydrogen-bond donors (Lipinski definition) is 2. The number of rotatable bonds is 4. The molecule has 0 aromatic carbocycles. The monoisotopic (exact) mass is 184 g/mol. The summed E-state index contributed by atoms with van der Waals surface area (Å²) in [5.74, 6) is 0. The number of nitrogens with two attached hydrogens (primary N) is 1. The van der Waals surface area contributed by atoms with Crippen LogP contribution in [0, 0.1) is 0 Å². The lowest BCUT2D eigenvalue weighted by molar-refractivity contribution is 0.396. The molecule has 1 aliphatic carbocycles. The maximum Gasteiger partial charge on any atom is 0.00695 e. The van der Waals surface area contributed by atoms with Crippen LogP contribution in [0.3, 0.4) is 0 Å². The Hall–Kier alpha value is -0.0800. The van der Waals surface area contributed by atoms with E-state index in [1.807, 2.05) is 0 Å². The SMILES string of the molecule is CC(CCN)NC1CCCCCC1. The van der Waals surface area contributed by atoms with Crippen molar-refractivity contribution in [3.05, 3.63) is 0 Å². The third-order valence-electron chi connectivity index (χ3n) is 2.98. The van der Waals surface area contributed by atoms with Gasteiger partial charge in [-0.15, -0.1) is 0 Å². The van der Waals surface area contributed by atoms with Crippen LogP contribution in [0.15, 0.2) is 0 Å². The molecule has 2 nitrogen and oxygen atoms in total. The summed E-state index contributed by atoms with van der Waals surface area (Å²) < 4.78 is 0. The minimum absolute atomic E-state index is 0.605. The van der Waals surface area contributed by atoms with E-state index in [4.69, 9.17) is 5.73 Å². The highest BCUT2D eigenvalue weighted by Gasteiger charge is 2.13. The van der Waals surface area contributed by atoms with E-state index in [0.29, 0.717) is 6.04 Å². The Bertz CT molecular complexity index is 117. The van der Waals surface area contributed by atoms with Gasteiger partial charge in [0.15, 0.2) is 0 Å². The second-order valence-corrected chi connectivity index (χ2v) is 4.33. The van der Waals surface area contributed by atoms with Gasteiger partial charge in [0.1, 0.15) is 0 Å². The molecule has 0 aliphatic heterocycles. The molecule has 1 rings (SSSR count). The number of nitrogens with one attached hydrogen (secondary N) is 1. The van der Waals surface area contributed by atoms with Gasteiger partial charge in [0.2, 0.25) is 0 Å². The van der Waals surface area contributed by atoms with E-state index in [1.54, 1.807) is 0 Å².